The van der Waals surface area contributed by atoms with E-state index in [-0.39, 0.29) is 18.2 Å². The Bertz CT molecular complexity index is 588. The summed E-state index contributed by atoms with van der Waals surface area (Å²) in [6, 6.07) is 16.1. The third kappa shape index (κ3) is 3.28. The molecule has 0 atom stereocenters. The van der Waals surface area contributed by atoms with Gasteiger partial charge < -0.3 is 4.74 Å². The van der Waals surface area contributed by atoms with Crippen molar-refractivity contribution in [1.29, 1.82) is 0 Å². The van der Waals surface area contributed by atoms with Gasteiger partial charge in [0.2, 0.25) is 0 Å². The highest BCUT2D eigenvalue weighted by molar-refractivity contribution is 6.09. The van der Waals surface area contributed by atoms with Gasteiger partial charge in [0.05, 0.1) is 13.5 Å². The minimum atomic E-state index is -0.315. The first-order valence-corrected chi connectivity index (χ1v) is 5.96. The van der Waals surface area contributed by atoms with E-state index in [4.69, 9.17) is 0 Å². The zero-order chi connectivity index (χ0) is 13.7. The quantitative estimate of drug-likeness (QED) is 0.622. The molecule has 0 bridgehead atoms. The fourth-order valence-electron chi connectivity index (χ4n) is 1.82. The van der Waals surface area contributed by atoms with Crippen molar-refractivity contribution >= 4 is 11.8 Å². The topological polar surface area (TPSA) is 43.4 Å². The lowest BCUT2D eigenvalue weighted by Crippen LogP contribution is -2.06. The van der Waals surface area contributed by atoms with Crippen LogP contribution in [-0.4, -0.2) is 18.9 Å². The molecule has 0 amide bonds. The summed E-state index contributed by atoms with van der Waals surface area (Å²) >= 11 is 0. The Hall–Kier alpha value is -2.42. The lowest BCUT2D eigenvalue weighted by atomic mass is 10.0. The summed E-state index contributed by atoms with van der Waals surface area (Å²) in [6.45, 7) is 0. The van der Waals surface area contributed by atoms with Crippen molar-refractivity contribution in [3.8, 4) is 0 Å². The van der Waals surface area contributed by atoms with E-state index in [0.29, 0.717) is 11.1 Å². The van der Waals surface area contributed by atoms with Crippen molar-refractivity contribution in [2.45, 2.75) is 6.42 Å². The van der Waals surface area contributed by atoms with E-state index in [1.54, 1.807) is 36.4 Å². The van der Waals surface area contributed by atoms with Crippen molar-refractivity contribution in [1.82, 2.24) is 0 Å². The largest absolute Gasteiger partial charge is 0.469 e. The molecule has 3 nitrogen and oxygen atoms in total. The van der Waals surface area contributed by atoms with E-state index in [1.807, 2.05) is 18.2 Å². The van der Waals surface area contributed by atoms with Gasteiger partial charge >= 0.3 is 5.97 Å². The van der Waals surface area contributed by atoms with E-state index in [2.05, 4.69) is 4.74 Å². The zero-order valence-electron chi connectivity index (χ0n) is 10.6. The van der Waals surface area contributed by atoms with E-state index < -0.39 is 0 Å². The van der Waals surface area contributed by atoms with Crippen molar-refractivity contribution in [3.63, 3.8) is 0 Å². The summed E-state index contributed by atoms with van der Waals surface area (Å²) in [4.78, 5) is 23.5. The highest BCUT2D eigenvalue weighted by atomic mass is 16.5. The summed E-state index contributed by atoms with van der Waals surface area (Å²) in [7, 11) is 1.35. The maximum Gasteiger partial charge on any atom is 0.309 e. The first-order valence-electron chi connectivity index (χ1n) is 5.96. The average molecular weight is 254 g/mol. The number of hydrogen-bond acceptors (Lipinski definition) is 3. The van der Waals surface area contributed by atoms with Crippen LogP contribution in [0.2, 0.25) is 0 Å². The van der Waals surface area contributed by atoms with E-state index in [1.165, 1.54) is 7.11 Å². The van der Waals surface area contributed by atoms with Crippen LogP contribution in [0, 0.1) is 0 Å². The first-order chi connectivity index (χ1) is 9.20. The molecule has 0 fully saturated rings. The minimum Gasteiger partial charge on any atom is -0.469 e. The van der Waals surface area contributed by atoms with Gasteiger partial charge in [0.15, 0.2) is 5.78 Å². The Morgan fingerprint density at radius 1 is 0.947 bits per heavy atom. The molecular weight excluding hydrogens is 240 g/mol. The van der Waals surface area contributed by atoms with Crippen LogP contribution in [0.3, 0.4) is 0 Å². The SMILES string of the molecule is COC(=O)Cc1cccc(C(=O)c2ccccc2)c1. The van der Waals surface area contributed by atoms with Crippen LogP contribution in [0.4, 0.5) is 0 Å². The van der Waals surface area contributed by atoms with Gasteiger partial charge in [0.25, 0.3) is 0 Å². The maximum atomic E-state index is 12.2. The lowest BCUT2D eigenvalue weighted by molar-refractivity contribution is -0.139. The van der Waals surface area contributed by atoms with Gasteiger partial charge in [-0.3, -0.25) is 9.59 Å². The summed E-state index contributed by atoms with van der Waals surface area (Å²) in [5.74, 6) is -0.364. The molecule has 0 saturated heterocycles. The number of benzene rings is 2. The number of methoxy groups -OCH3 is 1. The molecule has 0 radical (unpaired) electrons. The molecule has 2 aromatic rings. The second kappa shape index (κ2) is 5.96. The van der Waals surface area contributed by atoms with Crippen molar-refractivity contribution in [2.24, 2.45) is 0 Å². The van der Waals surface area contributed by atoms with Crippen molar-refractivity contribution in [3.05, 3.63) is 71.3 Å². The van der Waals surface area contributed by atoms with Crippen LogP contribution >= 0.6 is 0 Å². The molecule has 0 spiro atoms. The highest BCUT2D eigenvalue weighted by Crippen LogP contribution is 2.12. The van der Waals surface area contributed by atoms with Gasteiger partial charge in [-0.2, -0.15) is 0 Å². The molecule has 0 saturated carbocycles. The van der Waals surface area contributed by atoms with E-state index in [9.17, 15) is 9.59 Å². The van der Waals surface area contributed by atoms with Crippen LogP contribution in [0.1, 0.15) is 21.5 Å². The van der Waals surface area contributed by atoms with Gasteiger partial charge in [-0.05, 0) is 11.6 Å². The second-order valence-corrected chi connectivity index (χ2v) is 4.15. The number of hydrogen-bond donors (Lipinski definition) is 0. The molecule has 0 aliphatic heterocycles. The van der Waals surface area contributed by atoms with Gasteiger partial charge in [0, 0.05) is 11.1 Å². The van der Waals surface area contributed by atoms with Gasteiger partial charge in [0.1, 0.15) is 0 Å². The van der Waals surface area contributed by atoms with Gasteiger partial charge in [-0.15, -0.1) is 0 Å². The third-order valence-electron chi connectivity index (χ3n) is 2.80. The zero-order valence-corrected chi connectivity index (χ0v) is 10.6. The fraction of sp³-hybridized carbons (Fsp3) is 0.125. The van der Waals surface area contributed by atoms with Crippen LogP contribution in [0.15, 0.2) is 54.6 Å². The Morgan fingerprint density at radius 3 is 2.32 bits per heavy atom. The molecule has 19 heavy (non-hydrogen) atoms. The maximum absolute atomic E-state index is 12.2. The number of ketones is 1. The average Bonchev–Trinajstić information content (AvgIpc) is 2.47. The van der Waals surface area contributed by atoms with Crippen LogP contribution in [0.25, 0.3) is 0 Å². The molecule has 0 aromatic heterocycles. The predicted molar refractivity (Wildman–Crippen MR) is 72.0 cm³/mol. The van der Waals surface area contributed by atoms with Gasteiger partial charge in [-0.1, -0.05) is 48.5 Å². The summed E-state index contributed by atoms with van der Waals surface area (Å²) < 4.78 is 4.62. The van der Waals surface area contributed by atoms with Crippen LogP contribution in [0.5, 0.6) is 0 Å². The predicted octanol–water partition coefficient (Wildman–Crippen LogP) is 2.63. The standard InChI is InChI=1S/C16H14O3/c1-19-15(17)11-12-6-5-9-14(10-12)16(18)13-7-3-2-4-8-13/h2-10H,11H2,1H3. The van der Waals surface area contributed by atoms with Crippen molar-refractivity contribution in [2.75, 3.05) is 7.11 Å². The molecule has 0 N–H and O–H groups in total. The number of esters is 1. The molecular formula is C16H14O3. The fourth-order valence-corrected chi connectivity index (χ4v) is 1.82. The highest BCUT2D eigenvalue weighted by Gasteiger charge is 2.10. The summed E-state index contributed by atoms with van der Waals surface area (Å²) in [5, 5.41) is 0. The Labute approximate surface area is 111 Å². The minimum absolute atomic E-state index is 0.0488. The number of ether oxygens (including phenoxy) is 1. The second-order valence-electron chi connectivity index (χ2n) is 4.15. The Balaban J connectivity index is 2.24. The normalized spacial score (nSPS) is 9.95. The molecule has 2 rings (SSSR count). The molecule has 2 aromatic carbocycles. The molecule has 0 aliphatic carbocycles. The number of rotatable bonds is 4. The summed E-state index contributed by atoms with van der Waals surface area (Å²) in [5.41, 5.74) is 1.99. The lowest BCUT2D eigenvalue weighted by Gasteiger charge is -2.04. The molecule has 0 aliphatic rings. The molecule has 96 valence electrons. The number of carbonyl (C=O) groups is 2. The number of carbonyl (C=O) groups excluding carboxylic acids is 2. The summed E-state index contributed by atoms with van der Waals surface area (Å²) in [6.07, 6.45) is 0.173. The Kier molecular flexibility index (Phi) is 4.08. The van der Waals surface area contributed by atoms with Gasteiger partial charge in [-0.25, -0.2) is 0 Å². The molecule has 3 heteroatoms. The monoisotopic (exact) mass is 254 g/mol. The smallest absolute Gasteiger partial charge is 0.309 e. The van der Waals surface area contributed by atoms with E-state index in [0.717, 1.165) is 5.56 Å². The molecule has 0 unspecified atom stereocenters. The van der Waals surface area contributed by atoms with Crippen LogP contribution in [-0.2, 0) is 16.0 Å². The van der Waals surface area contributed by atoms with E-state index >= 15 is 0 Å². The molecule has 0 heterocycles. The van der Waals surface area contributed by atoms with Crippen LogP contribution < -0.4 is 0 Å². The Morgan fingerprint density at radius 2 is 1.63 bits per heavy atom. The third-order valence-corrected chi connectivity index (χ3v) is 2.80. The van der Waals surface area contributed by atoms with Crippen molar-refractivity contribution < 1.29 is 14.3 Å². The first kappa shape index (κ1) is 13.0.